The van der Waals surface area contributed by atoms with Crippen LogP contribution in [0.3, 0.4) is 0 Å². The van der Waals surface area contributed by atoms with Crippen molar-refractivity contribution in [1.82, 2.24) is 0 Å². The van der Waals surface area contributed by atoms with Gasteiger partial charge in [0.25, 0.3) is 0 Å². The lowest BCUT2D eigenvalue weighted by molar-refractivity contribution is -0.198. The summed E-state index contributed by atoms with van der Waals surface area (Å²) in [6, 6.07) is 0. The van der Waals surface area contributed by atoms with E-state index in [0.29, 0.717) is 6.61 Å². The first kappa shape index (κ1) is 17.5. The molecule has 0 fully saturated rings. The first-order valence-corrected chi connectivity index (χ1v) is 7.10. The molecule has 0 aromatic heterocycles. The Bertz CT molecular complexity index is 476. The average Bonchev–Trinajstić information content (AvgIpc) is 2.24. The van der Waals surface area contributed by atoms with E-state index in [1.165, 1.54) is 0 Å². The number of hydrogen-bond donors (Lipinski definition) is 0. The van der Waals surface area contributed by atoms with Gasteiger partial charge in [0.2, 0.25) is 5.79 Å². The molecule has 0 saturated carbocycles. The van der Waals surface area contributed by atoms with Gasteiger partial charge in [-0.3, -0.25) is 4.79 Å². The molecular weight excluding hydrogens is 268 g/mol. The van der Waals surface area contributed by atoms with Gasteiger partial charge in [0.1, 0.15) is 11.4 Å². The molecule has 0 bridgehead atoms. The van der Waals surface area contributed by atoms with Crippen LogP contribution >= 0.6 is 0 Å². The Morgan fingerprint density at radius 1 is 1.43 bits per heavy atom. The number of carbonyl (C=O) groups excluding carboxylic acids is 1. The van der Waals surface area contributed by atoms with Crippen LogP contribution in [0.5, 0.6) is 0 Å². The number of carbonyl (C=O) groups is 1. The Morgan fingerprint density at radius 3 is 2.52 bits per heavy atom. The van der Waals surface area contributed by atoms with Gasteiger partial charge in [-0.25, -0.2) is 0 Å². The minimum atomic E-state index is -0.640. The molecule has 0 amide bonds. The fraction of sp³-hybridized carbons (Fsp3) is 0.588. The van der Waals surface area contributed by atoms with Gasteiger partial charge < -0.3 is 14.2 Å². The quantitative estimate of drug-likeness (QED) is 0.583. The summed E-state index contributed by atoms with van der Waals surface area (Å²) in [6.45, 7) is 15.2. The van der Waals surface area contributed by atoms with E-state index in [4.69, 9.17) is 14.2 Å². The van der Waals surface area contributed by atoms with Crippen LogP contribution in [-0.2, 0) is 19.0 Å². The van der Waals surface area contributed by atoms with Crippen molar-refractivity contribution in [2.45, 2.75) is 59.4 Å². The van der Waals surface area contributed by atoms with Gasteiger partial charge in [0, 0.05) is 19.4 Å². The summed E-state index contributed by atoms with van der Waals surface area (Å²) >= 11 is 0. The Morgan fingerprint density at radius 2 is 2.05 bits per heavy atom. The molecule has 4 heteroatoms. The van der Waals surface area contributed by atoms with Gasteiger partial charge in [0.15, 0.2) is 0 Å². The van der Waals surface area contributed by atoms with Crippen LogP contribution in [0.15, 0.2) is 35.6 Å². The zero-order valence-electron chi connectivity index (χ0n) is 13.9. The predicted octanol–water partition coefficient (Wildman–Crippen LogP) is 3.89. The van der Waals surface area contributed by atoms with Gasteiger partial charge >= 0.3 is 5.97 Å². The van der Waals surface area contributed by atoms with Crippen molar-refractivity contribution in [3.8, 4) is 0 Å². The third kappa shape index (κ3) is 5.76. The summed E-state index contributed by atoms with van der Waals surface area (Å²) in [7, 11) is 0. The van der Waals surface area contributed by atoms with Crippen molar-refractivity contribution in [3.05, 3.63) is 35.6 Å². The smallest absolute Gasteiger partial charge is 0.310 e. The van der Waals surface area contributed by atoms with Crippen LogP contribution in [0, 0.1) is 0 Å². The maximum atomic E-state index is 12.0. The lowest BCUT2D eigenvalue weighted by Gasteiger charge is -2.34. The van der Waals surface area contributed by atoms with Crippen molar-refractivity contribution in [2.75, 3.05) is 6.61 Å². The summed E-state index contributed by atoms with van der Waals surface area (Å²) in [5, 5.41) is 0. The fourth-order valence-corrected chi connectivity index (χ4v) is 2.07. The maximum absolute atomic E-state index is 12.0. The normalized spacial score (nSPS) is 19.0. The second-order valence-corrected chi connectivity index (χ2v) is 6.52. The molecule has 118 valence electrons. The molecule has 0 aromatic carbocycles. The van der Waals surface area contributed by atoms with Crippen LogP contribution < -0.4 is 0 Å². The highest BCUT2D eigenvalue weighted by Gasteiger charge is 2.29. The summed E-state index contributed by atoms with van der Waals surface area (Å²) in [5.74, 6) is -0.151. The number of hydrogen-bond acceptors (Lipinski definition) is 4. The third-order valence-electron chi connectivity index (χ3n) is 2.85. The standard InChI is InChI=1S/C17H26O4/c1-8-9-13(10-15(18)21-16(3,4)5)14-11-19-17(6,7)20-12(14)2/h8-9H,1,10-11H2,2-7H3. The van der Waals surface area contributed by atoms with E-state index in [9.17, 15) is 4.79 Å². The minimum Gasteiger partial charge on any atom is -0.467 e. The highest BCUT2D eigenvalue weighted by molar-refractivity contribution is 5.74. The first-order chi connectivity index (χ1) is 9.54. The summed E-state index contributed by atoms with van der Waals surface area (Å²) in [6.07, 6.45) is 3.62. The molecule has 0 atom stereocenters. The molecule has 1 heterocycles. The highest BCUT2D eigenvalue weighted by Crippen LogP contribution is 2.30. The van der Waals surface area contributed by atoms with E-state index < -0.39 is 11.4 Å². The maximum Gasteiger partial charge on any atom is 0.310 e. The number of allylic oxidation sites excluding steroid dienone is 3. The van der Waals surface area contributed by atoms with Gasteiger partial charge in [0.05, 0.1) is 13.0 Å². The second kappa shape index (κ2) is 6.48. The largest absolute Gasteiger partial charge is 0.467 e. The van der Waals surface area contributed by atoms with Crippen molar-refractivity contribution < 1.29 is 19.0 Å². The van der Waals surface area contributed by atoms with Crippen molar-refractivity contribution in [2.24, 2.45) is 0 Å². The molecule has 0 spiro atoms. The number of ether oxygens (including phenoxy) is 3. The fourth-order valence-electron chi connectivity index (χ4n) is 2.07. The van der Waals surface area contributed by atoms with Crippen LogP contribution in [0.4, 0.5) is 0 Å². The molecule has 21 heavy (non-hydrogen) atoms. The van der Waals surface area contributed by atoms with Crippen LogP contribution in [-0.4, -0.2) is 24.0 Å². The van der Waals surface area contributed by atoms with E-state index >= 15 is 0 Å². The molecule has 0 radical (unpaired) electrons. The lowest BCUT2D eigenvalue weighted by Crippen LogP contribution is -2.34. The monoisotopic (exact) mass is 294 g/mol. The second-order valence-electron chi connectivity index (χ2n) is 6.52. The molecule has 1 rings (SSSR count). The molecule has 0 saturated heterocycles. The highest BCUT2D eigenvalue weighted by atomic mass is 16.7. The van der Waals surface area contributed by atoms with Crippen LogP contribution in [0.25, 0.3) is 0 Å². The predicted molar refractivity (Wildman–Crippen MR) is 82.6 cm³/mol. The van der Waals surface area contributed by atoms with Crippen molar-refractivity contribution >= 4 is 5.97 Å². The van der Waals surface area contributed by atoms with Gasteiger partial charge in [-0.2, -0.15) is 0 Å². The van der Waals surface area contributed by atoms with E-state index in [1.807, 2.05) is 41.5 Å². The lowest BCUT2D eigenvalue weighted by atomic mass is 10.0. The van der Waals surface area contributed by atoms with Crippen molar-refractivity contribution in [3.63, 3.8) is 0 Å². The van der Waals surface area contributed by atoms with Crippen LogP contribution in [0.2, 0.25) is 0 Å². The van der Waals surface area contributed by atoms with E-state index in [-0.39, 0.29) is 12.4 Å². The van der Waals surface area contributed by atoms with Gasteiger partial charge in [-0.15, -0.1) is 0 Å². The molecule has 4 nitrogen and oxygen atoms in total. The summed E-state index contributed by atoms with van der Waals surface area (Å²) < 4.78 is 16.7. The summed E-state index contributed by atoms with van der Waals surface area (Å²) in [4.78, 5) is 12.0. The average molecular weight is 294 g/mol. The molecule has 0 unspecified atom stereocenters. The van der Waals surface area contributed by atoms with Crippen molar-refractivity contribution in [1.29, 1.82) is 0 Å². The molecule has 0 N–H and O–H groups in total. The van der Waals surface area contributed by atoms with E-state index in [0.717, 1.165) is 16.9 Å². The molecule has 0 aromatic rings. The zero-order chi connectivity index (χ0) is 16.3. The summed E-state index contributed by atoms with van der Waals surface area (Å²) in [5.41, 5.74) is 1.19. The zero-order valence-corrected chi connectivity index (χ0v) is 13.9. The Balaban J connectivity index is 2.92. The Kier molecular flexibility index (Phi) is 5.40. The van der Waals surface area contributed by atoms with E-state index in [2.05, 4.69) is 6.58 Å². The number of rotatable bonds is 4. The van der Waals surface area contributed by atoms with Gasteiger partial charge in [-0.1, -0.05) is 18.7 Å². The number of esters is 1. The van der Waals surface area contributed by atoms with E-state index in [1.54, 1.807) is 12.2 Å². The Labute approximate surface area is 127 Å². The minimum absolute atomic E-state index is 0.170. The third-order valence-corrected chi connectivity index (χ3v) is 2.85. The molecule has 0 aliphatic carbocycles. The molecular formula is C17H26O4. The first-order valence-electron chi connectivity index (χ1n) is 7.10. The topological polar surface area (TPSA) is 44.8 Å². The molecule has 1 aliphatic rings. The SMILES string of the molecule is C=CC=C(CC(=O)OC(C)(C)C)C1=C(C)OC(C)(C)OC1. The van der Waals surface area contributed by atoms with Gasteiger partial charge in [-0.05, 0) is 33.3 Å². The van der Waals surface area contributed by atoms with Crippen LogP contribution in [0.1, 0.15) is 48.0 Å². The molecule has 1 aliphatic heterocycles. The Hall–Kier alpha value is -1.55.